The van der Waals surface area contributed by atoms with Crippen molar-refractivity contribution in [2.45, 2.75) is 0 Å². The molecule has 0 saturated carbocycles. The summed E-state index contributed by atoms with van der Waals surface area (Å²) in [5.41, 5.74) is 0. The van der Waals surface area contributed by atoms with E-state index in [1.807, 2.05) is 0 Å². The number of rotatable bonds is 0. The predicted octanol–water partition coefficient (Wildman–Crippen LogP) is -0.420. The van der Waals surface area contributed by atoms with Crippen molar-refractivity contribution >= 4 is 0 Å². The van der Waals surface area contributed by atoms with Gasteiger partial charge in [-0.2, -0.15) is 0 Å². The maximum Gasteiger partial charge on any atom is 0.146 e. The summed E-state index contributed by atoms with van der Waals surface area (Å²) in [4.78, 5) is 0. The Morgan fingerprint density at radius 1 is 1.00 bits per heavy atom. The van der Waals surface area contributed by atoms with E-state index in [0.29, 0.717) is 6.79 Å². The highest BCUT2D eigenvalue weighted by atomic mass is 16.7. The fourth-order valence-corrected chi connectivity index (χ4v) is 0.590. The van der Waals surface area contributed by atoms with E-state index in [1.54, 1.807) is 0 Å². The first-order chi connectivity index (χ1) is 4.00. The van der Waals surface area contributed by atoms with Crippen LogP contribution in [0.15, 0.2) is 0 Å². The molecule has 0 amide bonds. The van der Waals surface area contributed by atoms with Crippen molar-refractivity contribution < 1.29 is 9.47 Å². The van der Waals surface area contributed by atoms with Gasteiger partial charge in [0, 0.05) is 13.1 Å². The van der Waals surface area contributed by atoms with E-state index < -0.39 is 0 Å². The molecule has 0 aromatic heterocycles. The fraction of sp³-hybridized carbons (Fsp3) is 1.00. The monoisotopic (exact) mass is 117 g/mol. The first kappa shape index (κ1) is 6.01. The van der Waals surface area contributed by atoms with Gasteiger partial charge in [-0.15, -0.1) is 0 Å². The normalized spacial score (nSPS) is 24.0. The lowest BCUT2D eigenvalue weighted by atomic mass is 10.6. The van der Waals surface area contributed by atoms with Crippen LogP contribution in [0, 0.1) is 0 Å². The Morgan fingerprint density at radius 2 is 1.62 bits per heavy atom. The van der Waals surface area contributed by atoms with Crippen molar-refractivity contribution in [3.63, 3.8) is 0 Å². The summed E-state index contributed by atoms with van der Waals surface area (Å²) >= 11 is 0. The SMILES string of the molecule is C1COCOCCN1. The van der Waals surface area contributed by atoms with Gasteiger partial charge in [-0.05, 0) is 0 Å². The zero-order chi connectivity index (χ0) is 5.66. The fourth-order valence-electron chi connectivity index (χ4n) is 0.590. The number of nitrogens with one attached hydrogen (secondary N) is 1. The lowest BCUT2D eigenvalue weighted by Crippen LogP contribution is -2.27. The van der Waals surface area contributed by atoms with E-state index in [2.05, 4.69) is 5.32 Å². The van der Waals surface area contributed by atoms with Crippen LogP contribution in [0.4, 0.5) is 0 Å². The molecule has 1 saturated heterocycles. The molecule has 0 radical (unpaired) electrons. The Kier molecular flexibility index (Phi) is 2.88. The topological polar surface area (TPSA) is 30.5 Å². The Balaban J connectivity index is 2.00. The van der Waals surface area contributed by atoms with Gasteiger partial charge < -0.3 is 14.8 Å². The van der Waals surface area contributed by atoms with Crippen LogP contribution in [0.1, 0.15) is 0 Å². The largest absolute Gasteiger partial charge is 0.354 e. The second-order valence-corrected chi connectivity index (χ2v) is 1.68. The summed E-state index contributed by atoms with van der Waals surface area (Å²) in [7, 11) is 0. The molecule has 0 spiro atoms. The lowest BCUT2D eigenvalue weighted by molar-refractivity contribution is -0.0607. The van der Waals surface area contributed by atoms with Crippen LogP contribution in [0.5, 0.6) is 0 Å². The van der Waals surface area contributed by atoms with Gasteiger partial charge in [-0.3, -0.25) is 0 Å². The summed E-state index contributed by atoms with van der Waals surface area (Å²) in [6.07, 6.45) is 0. The van der Waals surface area contributed by atoms with Gasteiger partial charge in [0.25, 0.3) is 0 Å². The Morgan fingerprint density at radius 3 is 2.25 bits per heavy atom. The van der Waals surface area contributed by atoms with E-state index in [-0.39, 0.29) is 0 Å². The molecule has 1 aliphatic heterocycles. The van der Waals surface area contributed by atoms with E-state index in [1.165, 1.54) is 0 Å². The average Bonchev–Trinajstić information content (AvgIpc) is 1.62. The molecule has 1 fully saturated rings. The van der Waals surface area contributed by atoms with Gasteiger partial charge in [0.05, 0.1) is 13.2 Å². The summed E-state index contributed by atoms with van der Waals surface area (Å²) in [5, 5.41) is 3.14. The highest BCUT2D eigenvalue weighted by Gasteiger charge is 1.93. The maximum atomic E-state index is 4.99. The Bertz CT molecular complexity index is 34.4. The van der Waals surface area contributed by atoms with Crippen LogP contribution < -0.4 is 5.32 Å². The van der Waals surface area contributed by atoms with Gasteiger partial charge in [0.15, 0.2) is 0 Å². The molecule has 0 bridgehead atoms. The second kappa shape index (κ2) is 3.83. The molecule has 1 N–H and O–H groups in total. The van der Waals surface area contributed by atoms with Crippen molar-refractivity contribution in [3.05, 3.63) is 0 Å². The molecule has 48 valence electrons. The van der Waals surface area contributed by atoms with Gasteiger partial charge in [0.2, 0.25) is 0 Å². The van der Waals surface area contributed by atoms with Crippen molar-refractivity contribution in [2.75, 3.05) is 33.1 Å². The predicted molar refractivity (Wildman–Crippen MR) is 29.6 cm³/mol. The number of hydrogen-bond acceptors (Lipinski definition) is 3. The van der Waals surface area contributed by atoms with Crippen LogP contribution in [0.3, 0.4) is 0 Å². The summed E-state index contributed by atoms with van der Waals surface area (Å²) < 4.78 is 9.98. The third-order valence-corrected chi connectivity index (χ3v) is 1.01. The second-order valence-electron chi connectivity index (χ2n) is 1.68. The summed E-state index contributed by atoms with van der Waals surface area (Å²) in [6.45, 7) is 3.88. The van der Waals surface area contributed by atoms with Crippen molar-refractivity contribution in [2.24, 2.45) is 0 Å². The molecule has 0 aromatic rings. The molecular weight excluding hydrogens is 106 g/mol. The van der Waals surface area contributed by atoms with Crippen molar-refractivity contribution in [1.29, 1.82) is 0 Å². The Hall–Kier alpha value is -0.120. The third-order valence-electron chi connectivity index (χ3n) is 1.01. The van der Waals surface area contributed by atoms with Gasteiger partial charge >= 0.3 is 0 Å². The van der Waals surface area contributed by atoms with E-state index in [4.69, 9.17) is 9.47 Å². The van der Waals surface area contributed by atoms with Crippen molar-refractivity contribution in [1.82, 2.24) is 5.32 Å². The van der Waals surface area contributed by atoms with Crippen LogP contribution in [-0.4, -0.2) is 33.1 Å². The zero-order valence-corrected chi connectivity index (χ0v) is 4.85. The van der Waals surface area contributed by atoms with Crippen LogP contribution in [-0.2, 0) is 9.47 Å². The van der Waals surface area contributed by atoms with E-state index in [9.17, 15) is 0 Å². The third kappa shape index (κ3) is 2.26. The highest BCUT2D eigenvalue weighted by Crippen LogP contribution is 1.80. The van der Waals surface area contributed by atoms with Gasteiger partial charge in [0.1, 0.15) is 6.79 Å². The minimum Gasteiger partial charge on any atom is -0.354 e. The highest BCUT2D eigenvalue weighted by molar-refractivity contribution is 4.45. The minimum atomic E-state index is 0.460. The van der Waals surface area contributed by atoms with Crippen LogP contribution in [0.2, 0.25) is 0 Å². The molecule has 1 rings (SSSR count). The quantitative estimate of drug-likeness (QED) is 0.467. The van der Waals surface area contributed by atoms with Gasteiger partial charge in [-0.1, -0.05) is 0 Å². The maximum absolute atomic E-state index is 4.99. The molecule has 0 unspecified atom stereocenters. The number of ether oxygens (including phenoxy) is 2. The molecule has 8 heavy (non-hydrogen) atoms. The lowest BCUT2D eigenvalue weighted by Gasteiger charge is -2.10. The van der Waals surface area contributed by atoms with E-state index >= 15 is 0 Å². The molecule has 3 nitrogen and oxygen atoms in total. The molecule has 3 heteroatoms. The number of hydrogen-bond donors (Lipinski definition) is 1. The molecule has 0 aromatic carbocycles. The first-order valence-electron chi connectivity index (χ1n) is 2.86. The molecule has 1 heterocycles. The minimum absolute atomic E-state index is 0.460. The zero-order valence-electron chi connectivity index (χ0n) is 4.85. The van der Waals surface area contributed by atoms with E-state index in [0.717, 1.165) is 26.3 Å². The van der Waals surface area contributed by atoms with Crippen molar-refractivity contribution in [3.8, 4) is 0 Å². The standard InChI is InChI=1S/C5H11NO2/c1-3-7-5-8-4-2-6-1/h6H,1-5H2. The summed E-state index contributed by atoms with van der Waals surface area (Å²) in [6, 6.07) is 0. The Labute approximate surface area is 49.0 Å². The van der Waals surface area contributed by atoms with Gasteiger partial charge in [-0.25, -0.2) is 0 Å². The molecular formula is C5H11NO2. The molecule has 0 aliphatic carbocycles. The first-order valence-corrected chi connectivity index (χ1v) is 2.86. The van der Waals surface area contributed by atoms with Crippen LogP contribution in [0.25, 0.3) is 0 Å². The molecule has 0 atom stereocenters. The average molecular weight is 117 g/mol. The summed E-state index contributed by atoms with van der Waals surface area (Å²) in [5.74, 6) is 0. The smallest absolute Gasteiger partial charge is 0.146 e. The van der Waals surface area contributed by atoms with Crippen LogP contribution >= 0.6 is 0 Å². The molecule has 1 aliphatic rings.